The van der Waals surface area contributed by atoms with Crippen molar-refractivity contribution in [2.24, 2.45) is 0 Å². The van der Waals surface area contributed by atoms with Gasteiger partial charge in [-0.25, -0.2) is 9.78 Å². The highest BCUT2D eigenvalue weighted by atomic mass is 35.5. The van der Waals surface area contributed by atoms with Crippen molar-refractivity contribution in [2.75, 3.05) is 32.6 Å². The molecular formula is C37H36ClF3N6O6. The number of nitrogens with zero attached hydrogens (tertiary/aromatic N) is 5. The minimum Gasteiger partial charge on any atom is -0.481 e. The molecule has 1 aromatic carbocycles. The van der Waals surface area contributed by atoms with Crippen LogP contribution in [0.3, 0.4) is 0 Å². The standard InChI is InChI=1S/C37H36ClF3N6O6/c1-20(49)46-15-12-23(13-16-46)47(36(50)51)18-21-7-9-30(44-34(21)52-2)27-11-14-42-32(31(27)38)26-6-4-5-25-24(26)8-10-29(25)43-33-28(37(39,40)41)17-22(19-48)35(45-33)53-3/h4-7,9,11,14,17,19,23,29H,8,10,12-13,15-16,18H2,1-3H3,(H,43,45)(H,50,51)/t29-/m0/s1. The van der Waals surface area contributed by atoms with E-state index in [1.165, 1.54) is 26.0 Å². The van der Waals surface area contributed by atoms with Gasteiger partial charge in [0.15, 0.2) is 6.29 Å². The zero-order chi connectivity index (χ0) is 38.0. The predicted octanol–water partition coefficient (Wildman–Crippen LogP) is 7.30. The Hall–Kier alpha value is -5.44. The SMILES string of the molecule is COc1nc(N[C@H]2CCc3c(-c4nccc(-c5ccc(CN(C(=O)O)C6CCN(C(C)=O)CC6)c(OC)n5)c4Cl)cccc32)c(C(F)(F)F)cc1C=O. The molecule has 0 spiro atoms. The number of rotatable bonds is 10. The number of carboxylic acid groups (broad SMARTS) is 1. The van der Waals surface area contributed by atoms with Crippen molar-refractivity contribution in [3.8, 4) is 34.3 Å². The van der Waals surface area contributed by atoms with E-state index < -0.39 is 29.7 Å². The number of aromatic nitrogens is 3. The van der Waals surface area contributed by atoms with Crippen LogP contribution >= 0.6 is 11.6 Å². The molecule has 16 heteroatoms. The summed E-state index contributed by atoms with van der Waals surface area (Å²) in [4.78, 5) is 51.8. The second-order valence-electron chi connectivity index (χ2n) is 12.7. The lowest BCUT2D eigenvalue weighted by molar-refractivity contribution is -0.137. The van der Waals surface area contributed by atoms with Crippen LogP contribution in [0, 0.1) is 0 Å². The third-order valence-electron chi connectivity index (χ3n) is 9.71. The summed E-state index contributed by atoms with van der Waals surface area (Å²) in [5, 5.41) is 13.3. The zero-order valence-corrected chi connectivity index (χ0v) is 29.8. The number of nitrogens with one attached hydrogen (secondary N) is 1. The Balaban J connectivity index is 1.28. The number of hydrogen-bond acceptors (Lipinski definition) is 9. The molecule has 0 radical (unpaired) electrons. The molecular weight excluding hydrogens is 717 g/mol. The average Bonchev–Trinajstić information content (AvgIpc) is 3.56. The first-order chi connectivity index (χ1) is 25.3. The molecule has 1 aliphatic heterocycles. The van der Waals surface area contributed by atoms with Crippen LogP contribution in [0.4, 0.5) is 23.8 Å². The van der Waals surface area contributed by atoms with E-state index in [0.717, 1.165) is 17.2 Å². The van der Waals surface area contributed by atoms with Crippen molar-refractivity contribution in [3.05, 3.63) is 81.5 Å². The number of alkyl halides is 3. The van der Waals surface area contributed by atoms with E-state index in [-0.39, 0.29) is 42.1 Å². The summed E-state index contributed by atoms with van der Waals surface area (Å²) in [6.45, 7) is 2.49. The molecule has 2 N–H and O–H groups in total. The number of methoxy groups -OCH3 is 2. The zero-order valence-electron chi connectivity index (χ0n) is 29.0. The van der Waals surface area contributed by atoms with Gasteiger partial charge in [0.25, 0.3) is 0 Å². The second-order valence-corrected chi connectivity index (χ2v) is 13.1. The molecule has 1 atom stereocenters. The maximum absolute atomic E-state index is 14.0. The van der Waals surface area contributed by atoms with Gasteiger partial charge in [0.2, 0.25) is 17.7 Å². The van der Waals surface area contributed by atoms with Gasteiger partial charge in [-0.15, -0.1) is 0 Å². The van der Waals surface area contributed by atoms with Gasteiger partial charge in [0.05, 0.1) is 54.3 Å². The van der Waals surface area contributed by atoms with Gasteiger partial charge < -0.3 is 29.7 Å². The van der Waals surface area contributed by atoms with E-state index in [4.69, 9.17) is 21.1 Å². The normalized spacial score (nSPS) is 15.8. The summed E-state index contributed by atoms with van der Waals surface area (Å²) >= 11 is 7.03. The quantitative estimate of drug-likeness (QED) is 0.158. The first-order valence-corrected chi connectivity index (χ1v) is 17.2. The lowest BCUT2D eigenvalue weighted by Gasteiger charge is -2.37. The predicted molar refractivity (Wildman–Crippen MR) is 189 cm³/mol. The van der Waals surface area contributed by atoms with E-state index in [1.54, 1.807) is 35.4 Å². The van der Waals surface area contributed by atoms with E-state index in [9.17, 15) is 32.7 Å². The van der Waals surface area contributed by atoms with Crippen LogP contribution in [0.1, 0.15) is 64.8 Å². The van der Waals surface area contributed by atoms with Crippen molar-refractivity contribution in [1.82, 2.24) is 24.8 Å². The molecule has 0 unspecified atom stereocenters. The Morgan fingerprint density at radius 1 is 1.06 bits per heavy atom. The smallest absolute Gasteiger partial charge is 0.419 e. The summed E-state index contributed by atoms with van der Waals surface area (Å²) in [7, 11) is 2.67. The highest BCUT2D eigenvalue weighted by Gasteiger charge is 2.38. The fourth-order valence-electron chi connectivity index (χ4n) is 7.05. The van der Waals surface area contributed by atoms with E-state index in [0.29, 0.717) is 71.9 Å². The minimum atomic E-state index is -4.78. The Morgan fingerprint density at radius 2 is 1.79 bits per heavy atom. The van der Waals surface area contributed by atoms with Gasteiger partial charge in [0, 0.05) is 48.9 Å². The molecule has 4 heterocycles. The minimum absolute atomic E-state index is 0.0329. The number of halogens is 4. The largest absolute Gasteiger partial charge is 0.481 e. The van der Waals surface area contributed by atoms with Crippen molar-refractivity contribution in [1.29, 1.82) is 0 Å². The summed E-state index contributed by atoms with van der Waals surface area (Å²) in [5.41, 5.74) is 2.91. The Bertz CT molecular complexity index is 2060. The lowest BCUT2D eigenvalue weighted by atomic mass is 9.98. The first kappa shape index (κ1) is 37.3. The van der Waals surface area contributed by atoms with Crippen LogP contribution in [0.25, 0.3) is 22.5 Å². The summed E-state index contributed by atoms with van der Waals surface area (Å²) in [6, 6.07) is 10.5. The van der Waals surface area contributed by atoms with Crippen molar-refractivity contribution < 1.29 is 42.1 Å². The Morgan fingerprint density at radius 3 is 2.43 bits per heavy atom. The highest BCUT2D eigenvalue weighted by Crippen LogP contribution is 2.44. The second kappa shape index (κ2) is 15.3. The molecule has 3 aromatic heterocycles. The molecule has 53 heavy (non-hydrogen) atoms. The molecule has 278 valence electrons. The number of amides is 2. The molecule has 1 aliphatic carbocycles. The molecule has 12 nitrogen and oxygen atoms in total. The van der Waals surface area contributed by atoms with Crippen molar-refractivity contribution in [3.63, 3.8) is 0 Å². The van der Waals surface area contributed by atoms with Crippen LogP contribution in [0.2, 0.25) is 5.02 Å². The van der Waals surface area contributed by atoms with Crippen LogP contribution < -0.4 is 14.8 Å². The summed E-state index contributed by atoms with van der Waals surface area (Å²) in [5.74, 6) is -0.485. The third kappa shape index (κ3) is 7.56. The number of carbonyl (C=O) groups is 3. The molecule has 2 aliphatic rings. The number of pyridine rings is 3. The van der Waals surface area contributed by atoms with Gasteiger partial charge in [-0.1, -0.05) is 29.8 Å². The molecule has 1 saturated heterocycles. The van der Waals surface area contributed by atoms with E-state index in [1.807, 2.05) is 12.1 Å². The fraction of sp³-hybridized carbons (Fsp3) is 0.351. The number of fused-ring (bicyclic) bond motifs is 1. The first-order valence-electron chi connectivity index (χ1n) is 16.8. The number of carbonyl (C=O) groups excluding carboxylic acids is 2. The average molecular weight is 753 g/mol. The molecule has 0 saturated carbocycles. The Labute approximate surface area is 307 Å². The summed E-state index contributed by atoms with van der Waals surface area (Å²) < 4.78 is 52.8. The number of likely N-dealkylation sites (tertiary alicyclic amines) is 1. The maximum atomic E-state index is 14.0. The van der Waals surface area contributed by atoms with Crippen LogP contribution in [0.5, 0.6) is 11.8 Å². The maximum Gasteiger partial charge on any atom is 0.419 e. The van der Waals surface area contributed by atoms with Gasteiger partial charge in [-0.2, -0.15) is 18.2 Å². The number of anilines is 1. The van der Waals surface area contributed by atoms with Crippen molar-refractivity contribution >= 4 is 35.7 Å². The fourth-order valence-corrected chi connectivity index (χ4v) is 7.36. The molecule has 4 aromatic rings. The number of benzene rings is 1. The monoisotopic (exact) mass is 752 g/mol. The van der Waals surface area contributed by atoms with Crippen LogP contribution in [-0.4, -0.2) is 81.5 Å². The van der Waals surface area contributed by atoms with Gasteiger partial charge in [0.1, 0.15) is 5.82 Å². The topological polar surface area (TPSA) is 147 Å². The molecule has 0 bridgehead atoms. The molecule has 6 rings (SSSR count). The lowest BCUT2D eigenvalue weighted by Crippen LogP contribution is -2.47. The number of ether oxygens (including phenoxy) is 2. The van der Waals surface area contributed by atoms with Crippen molar-refractivity contribution in [2.45, 2.75) is 57.4 Å². The van der Waals surface area contributed by atoms with Crippen LogP contribution in [-0.2, 0) is 23.9 Å². The number of piperidine rings is 1. The van der Waals surface area contributed by atoms with Gasteiger partial charge in [-0.3, -0.25) is 14.6 Å². The highest BCUT2D eigenvalue weighted by molar-refractivity contribution is 6.35. The van der Waals surface area contributed by atoms with Crippen LogP contribution in [0.15, 0.2) is 48.7 Å². The number of hydrogen-bond donors (Lipinski definition) is 2. The molecule has 2 amide bonds. The van der Waals surface area contributed by atoms with E-state index >= 15 is 0 Å². The van der Waals surface area contributed by atoms with E-state index in [2.05, 4.69) is 20.3 Å². The third-order valence-corrected chi connectivity index (χ3v) is 10.1. The summed E-state index contributed by atoms with van der Waals surface area (Å²) in [6.07, 6.45) is -2.02. The number of aldehydes is 1. The molecule has 1 fully saturated rings. The Kier molecular flexibility index (Phi) is 10.8. The van der Waals surface area contributed by atoms with Gasteiger partial charge >= 0.3 is 12.3 Å². The van der Waals surface area contributed by atoms with Gasteiger partial charge in [-0.05, 0) is 61.1 Å².